The van der Waals surface area contributed by atoms with Crippen LogP contribution in [0.2, 0.25) is 0 Å². The molecule has 2 N–H and O–H groups in total. The van der Waals surface area contributed by atoms with Gasteiger partial charge >= 0.3 is 0 Å². The fraction of sp³-hybridized carbons (Fsp3) is 0.167. The summed E-state index contributed by atoms with van der Waals surface area (Å²) in [7, 11) is 0. The lowest BCUT2D eigenvalue weighted by atomic mass is 10.1. The predicted octanol–water partition coefficient (Wildman–Crippen LogP) is 2.96. The van der Waals surface area contributed by atoms with Crippen LogP contribution in [-0.2, 0) is 6.54 Å². The minimum absolute atomic E-state index is 0.264. The first-order valence-electron chi connectivity index (χ1n) is 5.05. The van der Waals surface area contributed by atoms with Crippen LogP contribution in [0.25, 0.3) is 0 Å². The van der Waals surface area contributed by atoms with Crippen LogP contribution in [-0.4, -0.2) is 0 Å². The molecule has 76 valence electrons. The zero-order valence-corrected chi connectivity index (χ0v) is 9.05. The highest BCUT2D eigenvalue weighted by Gasteiger charge is 2.17. The first kappa shape index (κ1) is 8.95. The van der Waals surface area contributed by atoms with Crippen molar-refractivity contribution in [3.05, 3.63) is 52.2 Å². The fourth-order valence-corrected chi connectivity index (χ4v) is 2.61. The van der Waals surface area contributed by atoms with Gasteiger partial charge in [-0.15, -0.1) is 11.3 Å². The number of hydrogen-bond acceptors (Lipinski definition) is 3. The second-order valence-corrected chi connectivity index (χ2v) is 4.61. The maximum Gasteiger partial charge on any atom is 0.113 e. The summed E-state index contributed by atoms with van der Waals surface area (Å²) in [6.07, 6.45) is 0.264. The molecule has 3 heteroatoms. The van der Waals surface area contributed by atoms with E-state index in [9.17, 15) is 0 Å². The van der Waals surface area contributed by atoms with E-state index in [1.165, 1.54) is 16.1 Å². The molecule has 2 nitrogen and oxygen atoms in total. The summed E-state index contributed by atoms with van der Waals surface area (Å²) < 4.78 is 0. The van der Waals surface area contributed by atoms with Gasteiger partial charge in [0.25, 0.3) is 0 Å². The fourth-order valence-electron chi connectivity index (χ4n) is 1.86. The van der Waals surface area contributed by atoms with E-state index in [1.54, 1.807) is 11.3 Å². The van der Waals surface area contributed by atoms with Crippen LogP contribution >= 0.6 is 11.3 Å². The highest BCUT2D eigenvalue weighted by Crippen LogP contribution is 2.27. The Hall–Kier alpha value is -1.32. The zero-order valence-electron chi connectivity index (χ0n) is 8.23. The standard InChI is InChI=1S/C12H12N2S/c1-2-5-10-9(4-1)8-13-12(14-10)11-6-3-7-15-11/h1-7,12-14H,8H2/t12-/m1/s1. The van der Waals surface area contributed by atoms with Gasteiger partial charge in [-0.05, 0) is 23.1 Å². The Kier molecular flexibility index (Phi) is 2.19. The number of fused-ring (bicyclic) bond motifs is 1. The van der Waals surface area contributed by atoms with Crippen LogP contribution < -0.4 is 10.6 Å². The summed E-state index contributed by atoms with van der Waals surface area (Å²) in [4.78, 5) is 1.34. The second-order valence-electron chi connectivity index (χ2n) is 3.63. The Labute approximate surface area is 93.0 Å². The lowest BCUT2D eigenvalue weighted by molar-refractivity contribution is 0.573. The average Bonchev–Trinajstić information content (AvgIpc) is 2.82. The summed E-state index contributed by atoms with van der Waals surface area (Å²) in [5.41, 5.74) is 2.58. The Balaban J connectivity index is 1.89. The van der Waals surface area contributed by atoms with Gasteiger partial charge in [0.15, 0.2) is 0 Å². The molecule has 1 aromatic carbocycles. The number of hydrogen-bond donors (Lipinski definition) is 2. The quantitative estimate of drug-likeness (QED) is 0.765. The van der Waals surface area contributed by atoms with Crippen molar-refractivity contribution in [3.63, 3.8) is 0 Å². The summed E-state index contributed by atoms with van der Waals surface area (Å²) in [6, 6.07) is 12.7. The van der Waals surface area contributed by atoms with E-state index in [1.807, 2.05) is 0 Å². The van der Waals surface area contributed by atoms with E-state index in [0.717, 1.165) is 6.54 Å². The summed E-state index contributed by atoms with van der Waals surface area (Å²) in [5.74, 6) is 0. The van der Waals surface area contributed by atoms with Gasteiger partial charge < -0.3 is 5.32 Å². The Morgan fingerprint density at radius 3 is 2.93 bits per heavy atom. The third-order valence-electron chi connectivity index (χ3n) is 2.64. The van der Waals surface area contributed by atoms with Crippen molar-refractivity contribution in [1.82, 2.24) is 5.32 Å². The van der Waals surface area contributed by atoms with Crippen LogP contribution in [0.4, 0.5) is 5.69 Å². The number of benzene rings is 1. The van der Waals surface area contributed by atoms with Crippen molar-refractivity contribution in [2.45, 2.75) is 12.7 Å². The molecule has 1 atom stereocenters. The van der Waals surface area contributed by atoms with Gasteiger partial charge in [-0.25, -0.2) is 0 Å². The van der Waals surface area contributed by atoms with Crippen LogP contribution in [0.15, 0.2) is 41.8 Å². The molecule has 3 rings (SSSR count). The van der Waals surface area contributed by atoms with Gasteiger partial charge in [-0.3, -0.25) is 5.32 Å². The number of rotatable bonds is 1. The lowest BCUT2D eigenvalue weighted by Crippen LogP contribution is -2.31. The number of thiophene rings is 1. The second kappa shape index (κ2) is 3.68. The summed E-state index contributed by atoms with van der Waals surface area (Å²) in [6.45, 7) is 0.936. The van der Waals surface area contributed by atoms with Gasteiger partial charge in [-0.1, -0.05) is 24.3 Å². The molecule has 0 radical (unpaired) electrons. The van der Waals surface area contributed by atoms with Crippen LogP contribution in [0.5, 0.6) is 0 Å². The van der Waals surface area contributed by atoms with Crippen molar-refractivity contribution in [3.8, 4) is 0 Å². The van der Waals surface area contributed by atoms with Crippen LogP contribution in [0.1, 0.15) is 16.6 Å². The van der Waals surface area contributed by atoms with Crippen molar-refractivity contribution < 1.29 is 0 Å². The average molecular weight is 216 g/mol. The molecule has 0 amide bonds. The SMILES string of the molecule is c1csc([C@@H]2NCc3ccccc3N2)c1. The van der Waals surface area contributed by atoms with Gasteiger partial charge in [0.05, 0.1) is 0 Å². The van der Waals surface area contributed by atoms with E-state index >= 15 is 0 Å². The molecular weight excluding hydrogens is 204 g/mol. The third kappa shape index (κ3) is 1.64. The number of para-hydroxylation sites is 1. The maximum absolute atomic E-state index is 3.50. The molecule has 1 aromatic heterocycles. The number of anilines is 1. The molecule has 0 saturated carbocycles. The molecule has 0 fully saturated rings. The molecule has 2 heterocycles. The molecule has 0 aliphatic carbocycles. The largest absolute Gasteiger partial charge is 0.365 e. The Bertz CT molecular complexity index is 450. The minimum Gasteiger partial charge on any atom is -0.365 e. The Morgan fingerprint density at radius 2 is 2.07 bits per heavy atom. The molecule has 0 saturated heterocycles. The van der Waals surface area contributed by atoms with Crippen molar-refractivity contribution in [1.29, 1.82) is 0 Å². The van der Waals surface area contributed by atoms with Gasteiger partial charge in [0.2, 0.25) is 0 Å². The molecular formula is C12H12N2S. The highest BCUT2D eigenvalue weighted by molar-refractivity contribution is 7.10. The molecule has 0 spiro atoms. The third-order valence-corrected chi connectivity index (χ3v) is 3.58. The molecule has 15 heavy (non-hydrogen) atoms. The molecule has 2 aromatic rings. The lowest BCUT2D eigenvalue weighted by Gasteiger charge is -2.27. The normalized spacial score (nSPS) is 19.3. The monoisotopic (exact) mass is 216 g/mol. The Morgan fingerprint density at radius 1 is 1.13 bits per heavy atom. The predicted molar refractivity (Wildman–Crippen MR) is 64.0 cm³/mol. The first-order valence-corrected chi connectivity index (χ1v) is 5.93. The summed E-state index contributed by atoms with van der Waals surface area (Å²) >= 11 is 1.78. The van der Waals surface area contributed by atoms with E-state index in [-0.39, 0.29) is 6.17 Å². The molecule has 0 bridgehead atoms. The minimum atomic E-state index is 0.264. The van der Waals surface area contributed by atoms with Gasteiger partial charge in [0, 0.05) is 17.1 Å². The molecule has 0 unspecified atom stereocenters. The summed E-state index contributed by atoms with van der Waals surface area (Å²) in [5, 5.41) is 9.09. The van der Waals surface area contributed by atoms with Crippen molar-refractivity contribution in [2.24, 2.45) is 0 Å². The molecule has 1 aliphatic rings. The van der Waals surface area contributed by atoms with Gasteiger partial charge in [-0.2, -0.15) is 0 Å². The van der Waals surface area contributed by atoms with Crippen molar-refractivity contribution in [2.75, 3.05) is 5.32 Å². The smallest absolute Gasteiger partial charge is 0.113 e. The van der Waals surface area contributed by atoms with Crippen LogP contribution in [0, 0.1) is 0 Å². The molecule has 1 aliphatic heterocycles. The maximum atomic E-state index is 3.50. The zero-order chi connectivity index (χ0) is 10.1. The number of nitrogens with one attached hydrogen (secondary N) is 2. The van der Waals surface area contributed by atoms with E-state index < -0.39 is 0 Å². The van der Waals surface area contributed by atoms with E-state index in [0.29, 0.717) is 0 Å². The van der Waals surface area contributed by atoms with Crippen molar-refractivity contribution >= 4 is 17.0 Å². The van der Waals surface area contributed by atoms with E-state index in [4.69, 9.17) is 0 Å². The van der Waals surface area contributed by atoms with Crippen LogP contribution in [0.3, 0.4) is 0 Å². The van der Waals surface area contributed by atoms with E-state index in [2.05, 4.69) is 52.4 Å². The van der Waals surface area contributed by atoms with Gasteiger partial charge in [0.1, 0.15) is 6.17 Å². The topological polar surface area (TPSA) is 24.1 Å². The highest BCUT2D eigenvalue weighted by atomic mass is 32.1. The first-order chi connectivity index (χ1) is 7.43.